The minimum Gasteiger partial charge on any atom is -0.147 e. The van der Waals surface area contributed by atoms with E-state index >= 15 is 0 Å². The third-order valence-electron chi connectivity index (χ3n) is 2.33. The summed E-state index contributed by atoms with van der Waals surface area (Å²) in [6, 6.07) is 4.49. The predicted molar refractivity (Wildman–Crippen MR) is 57.5 cm³/mol. The van der Waals surface area contributed by atoms with Crippen LogP contribution in [-0.4, -0.2) is 16.5 Å². The van der Waals surface area contributed by atoms with Crippen molar-refractivity contribution in [1.29, 1.82) is 0 Å². The number of benzene rings is 1. The Labute approximate surface area is 83.0 Å². The molecule has 0 aliphatic heterocycles. The van der Waals surface area contributed by atoms with Gasteiger partial charge in [0.15, 0.2) is 0 Å². The fraction of sp³-hybridized carbons (Fsp3) is 0.333. The van der Waals surface area contributed by atoms with Gasteiger partial charge in [0.2, 0.25) is 0 Å². The summed E-state index contributed by atoms with van der Waals surface area (Å²) in [5.41, 5.74) is 4.41. The molecule has 0 aliphatic carbocycles. The van der Waals surface area contributed by atoms with Crippen LogP contribution in [0.5, 0.6) is 0 Å². The van der Waals surface area contributed by atoms with Gasteiger partial charge in [-0.3, -0.25) is 0 Å². The zero-order chi connectivity index (χ0) is 7.72. The Morgan fingerprint density at radius 1 is 1.00 bits per heavy atom. The monoisotopic (exact) mass is 232 g/mol. The topological polar surface area (TPSA) is 0 Å². The summed E-state index contributed by atoms with van der Waals surface area (Å²) in [6.45, 7) is 6.61. The SMILES string of the molecule is Cc1cc[c]([GeH3])c(C)c1C.Cl. The van der Waals surface area contributed by atoms with E-state index < -0.39 is 0 Å². The van der Waals surface area contributed by atoms with E-state index in [-0.39, 0.29) is 12.4 Å². The molecule has 0 radical (unpaired) electrons. The maximum absolute atomic E-state index is 2.26. The van der Waals surface area contributed by atoms with Crippen LogP contribution in [0, 0.1) is 20.8 Å². The smallest absolute Gasteiger partial charge is 0.147 e. The fourth-order valence-electron chi connectivity index (χ4n) is 1.09. The third-order valence-corrected chi connectivity index (χ3v) is 4.60. The molecule has 1 aromatic rings. The van der Waals surface area contributed by atoms with Gasteiger partial charge in [0.05, 0.1) is 0 Å². The summed E-state index contributed by atoms with van der Waals surface area (Å²) in [6.07, 6.45) is 0. The van der Waals surface area contributed by atoms with E-state index in [0.29, 0.717) is 0 Å². The van der Waals surface area contributed by atoms with Gasteiger partial charge < -0.3 is 0 Å². The summed E-state index contributed by atoms with van der Waals surface area (Å²) in [5, 5.41) is 0. The van der Waals surface area contributed by atoms with Crippen molar-refractivity contribution in [3.8, 4) is 0 Å². The molecule has 0 aliphatic rings. The standard InChI is InChI=1S/C9H14Ge.ClH/c1-6-4-5-9(10)8(3)7(6)2;/h4-5H,1-3,10H3;1H. The molecule has 0 heterocycles. The van der Waals surface area contributed by atoms with E-state index in [9.17, 15) is 0 Å². The first-order valence-electron chi connectivity index (χ1n) is 3.66. The molecule has 0 bridgehead atoms. The molecule has 0 aromatic heterocycles. The molecular formula is C9H15ClGe. The van der Waals surface area contributed by atoms with E-state index in [4.69, 9.17) is 0 Å². The summed E-state index contributed by atoms with van der Waals surface area (Å²) < 4.78 is 1.58. The first-order chi connectivity index (χ1) is 4.63. The molecule has 0 nitrogen and oxygen atoms in total. The molecule has 2 heteroatoms. The first kappa shape index (κ1) is 11.1. The Hall–Kier alpha value is 0.0529. The van der Waals surface area contributed by atoms with Crippen molar-refractivity contribution in [3.05, 3.63) is 28.8 Å². The van der Waals surface area contributed by atoms with Gasteiger partial charge in [0.1, 0.15) is 0 Å². The summed E-state index contributed by atoms with van der Waals surface area (Å²) in [5.74, 6) is 0. The molecular weight excluding hydrogens is 216 g/mol. The quantitative estimate of drug-likeness (QED) is 0.585. The molecule has 0 amide bonds. The molecule has 0 unspecified atom stereocenters. The van der Waals surface area contributed by atoms with Crippen LogP contribution in [0.25, 0.3) is 0 Å². The number of halogens is 1. The minimum atomic E-state index is 0. The second-order valence-corrected chi connectivity index (χ2v) is 5.21. The maximum atomic E-state index is 2.26. The normalized spacial score (nSPS) is 9.36. The average molecular weight is 231 g/mol. The zero-order valence-electron chi connectivity index (χ0n) is 7.56. The van der Waals surface area contributed by atoms with Gasteiger partial charge in [-0.25, -0.2) is 0 Å². The fourth-order valence-corrected chi connectivity index (χ4v) is 2.23. The first-order valence-corrected chi connectivity index (χ1v) is 5.76. The average Bonchev–Trinajstić information content (AvgIpc) is 1.93. The number of rotatable bonds is 0. The predicted octanol–water partition coefficient (Wildman–Crippen LogP) is 1.02. The van der Waals surface area contributed by atoms with Crippen molar-refractivity contribution >= 4 is 33.3 Å². The maximum Gasteiger partial charge on any atom is -0.147 e. The molecule has 0 N–H and O–H groups in total. The Bertz CT molecular complexity index is 229. The Morgan fingerprint density at radius 3 is 2.00 bits per heavy atom. The van der Waals surface area contributed by atoms with E-state index in [1.165, 1.54) is 16.7 Å². The second kappa shape index (κ2) is 4.17. The van der Waals surface area contributed by atoms with Crippen LogP contribution >= 0.6 is 12.4 Å². The van der Waals surface area contributed by atoms with Crippen LogP contribution in [0.4, 0.5) is 0 Å². The van der Waals surface area contributed by atoms with Gasteiger partial charge >= 0.3 is 70.5 Å². The van der Waals surface area contributed by atoms with Gasteiger partial charge in [-0.05, 0) is 0 Å². The molecule has 1 rings (SSSR count). The van der Waals surface area contributed by atoms with Crippen molar-refractivity contribution in [2.75, 3.05) is 0 Å². The Balaban J connectivity index is 0.000001000. The zero-order valence-corrected chi connectivity index (χ0v) is 12.6. The van der Waals surface area contributed by atoms with Gasteiger partial charge in [-0.2, -0.15) is 0 Å². The van der Waals surface area contributed by atoms with Crippen molar-refractivity contribution in [3.63, 3.8) is 0 Å². The molecule has 0 saturated heterocycles. The van der Waals surface area contributed by atoms with Crippen LogP contribution in [0.3, 0.4) is 0 Å². The molecule has 0 atom stereocenters. The van der Waals surface area contributed by atoms with Crippen molar-refractivity contribution in [2.24, 2.45) is 0 Å². The number of aryl methyl sites for hydroxylation is 1. The van der Waals surface area contributed by atoms with Crippen LogP contribution < -0.4 is 4.40 Å². The molecule has 1 aromatic carbocycles. The number of hydrogen-bond donors (Lipinski definition) is 0. The third kappa shape index (κ3) is 2.24. The van der Waals surface area contributed by atoms with Crippen LogP contribution in [0.1, 0.15) is 16.7 Å². The van der Waals surface area contributed by atoms with Crippen LogP contribution in [-0.2, 0) is 0 Å². The molecule has 0 saturated carbocycles. The van der Waals surface area contributed by atoms with Crippen molar-refractivity contribution < 1.29 is 0 Å². The minimum absolute atomic E-state index is 0. The van der Waals surface area contributed by atoms with Gasteiger partial charge in [0, 0.05) is 0 Å². The molecule has 0 fully saturated rings. The van der Waals surface area contributed by atoms with Crippen molar-refractivity contribution in [2.45, 2.75) is 20.8 Å². The van der Waals surface area contributed by atoms with E-state index in [2.05, 4.69) is 32.9 Å². The Morgan fingerprint density at radius 2 is 1.55 bits per heavy atom. The largest absolute Gasteiger partial charge is 0.147 e. The van der Waals surface area contributed by atoms with E-state index in [1.54, 1.807) is 4.40 Å². The summed E-state index contributed by atoms with van der Waals surface area (Å²) >= 11 is 0.829. The van der Waals surface area contributed by atoms with Crippen LogP contribution in [0.15, 0.2) is 12.1 Å². The van der Waals surface area contributed by atoms with Gasteiger partial charge in [0.25, 0.3) is 0 Å². The van der Waals surface area contributed by atoms with Crippen LogP contribution in [0.2, 0.25) is 0 Å². The number of hydrogen-bond acceptors (Lipinski definition) is 0. The second-order valence-electron chi connectivity index (χ2n) is 2.95. The van der Waals surface area contributed by atoms with Crippen molar-refractivity contribution in [1.82, 2.24) is 0 Å². The van der Waals surface area contributed by atoms with E-state index in [0.717, 1.165) is 16.5 Å². The Kier molecular flexibility index (Phi) is 4.19. The molecule has 11 heavy (non-hydrogen) atoms. The molecule has 0 spiro atoms. The summed E-state index contributed by atoms with van der Waals surface area (Å²) in [7, 11) is 0. The van der Waals surface area contributed by atoms with Gasteiger partial charge in [-0.15, -0.1) is 12.4 Å². The van der Waals surface area contributed by atoms with E-state index in [1.807, 2.05) is 0 Å². The molecule has 62 valence electrons. The van der Waals surface area contributed by atoms with Gasteiger partial charge in [-0.1, -0.05) is 0 Å². The summed E-state index contributed by atoms with van der Waals surface area (Å²) in [4.78, 5) is 0.